The lowest BCUT2D eigenvalue weighted by Crippen LogP contribution is -2.49. The van der Waals surface area contributed by atoms with E-state index in [0.29, 0.717) is 29.6 Å². The Balaban J connectivity index is 1.94. The van der Waals surface area contributed by atoms with Gasteiger partial charge in [0.05, 0.1) is 15.8 Å². The van der Waals surface area contributed by atoms with Gasteiger partial charge in [-0.2, -0.15) is 4.98 Å². The van der Waals surface area contributed by atoms with Crippen molar-refractivity contribution < 1.29 is 0 Å². The van der Waals surface area contributed by atoms with E-state index in [2.05, 4.69) is 9.97 Å². The molecule has 0 bridgehead atoms. The first kappa shape index (κ1) is 18.7. The minimum absolute atomic E-state index is 0.0223. The van der Waals surface area contributed by atoms with Crippen molar-refractivity contribution in [2.45, 2.75) is 25.3 Å². The number of hydrogen-bond donors (Lipinski definition) is 4. The van der Waals surface area contributed by atoms with E-state index in [1.54, 1.807) is 18.2 Å². The van der Waals surface area contributed by atoms with E-state index in [9.17, 15) is 4.79 Å². The molecule has 0 amide bonds. The van der Waals surface area contributed by atoms with Gasteiger partial charge in [0.1, 0.15) is 11.4 Å². The van der Waals surface area contributed by atoms with Gasteiger partial charge >= 0.3 is 0 Å². The lowest BCUT2D eigenvalue weighted by Gasteiger charge is -2.37. The van der Waals surface area contributed by atoms with Crippen molar-refractivity contribution in [3.63, 3.8) is 0 Å². The number of nitrogens with zero attached hydrogens (tertiary/aromatic N) is 2. The van der Waals surface area contributed by atoms with E-state index in [0.717, 1.165) is 12.8 Å². The predicted molar refractivity (Wildman–Crippen MR) is 106 cm³/mol. The fraction of sp³-hybridized carbons (Fsp3) is 0.353. The second-order valence-electron chi connectivity index (χ2n) is 6.77. The molecule has 1 aliphatic rings. The number of nitrogens with one attached hydrogen (secondary N) is 2. The Morgan fingerprint density at radius 1 is 1.35 bits per heavy atom. The Bertz CT molecular complexity index is 914. The summed E-state index contributed by atoms with van der Waals surface area (Å²) in [6, 6.07) is 4.87. The number of halogens is 2. The normalized spacial score (nSPS) is 16.5. The molecule has 0 radical (unpaired) electrons. The third-order valence-electron chi connectivity index (χ3n) is 4.61. The van der Waals surface area contributed by atoms with Crippen LogP contribution in [0.4, 0.5) is 11.8 Å². The second-order valence-corrected chi connectivity index (χ2v) is 7.55. The van der Waals surface area contributed by atoms with Gasteiger partial charge in [-0.25, -0.2) is 0 Å². The molecule has 0 atom stereocenters. The summed E-state index contributed by atoms with van der Waals surface area (Å²) in [4.78, 5) is 21.5. The molecule has 7 nitrogen and oxygen atoms in total. The summed E-state index contributed by atoms with van der Waals surface area (Å²) >= 11 is 12.2. The summed E-state index contributed by atoms with van der Waals surface area (Å²) in [5.74, 6) is 0.364. The van der Waals surface area contributed by atoms with Gasteiger partial charge in [-0.3, -0.25) is 15.2 Å². The van der Waals surface area contributed by atoms with Gasteiger partial charge in [0.2, 0.25) is 5.95 Å². The maximum absolute atomic E-state index is 12.6. The van der Waals surface area contributed by atoms with Crippen LogP contribution in [-0.2, 0) is 0 Å². The Morgan fingerprint density at radius 3 is 2.62 bits per heavy atom. The van der Waals surface area contributed by atoms with E-state index in [1.807, 2.05) is 11.8 Å². The van der Waals surface area contributed by atoms with Gasteiger partial charge in [0.25, 0.3) is 5.56 Å². The van der Waals surface area contributed by atoms with Crippen molar-refractivity contribution in [3.8, 4) is 0 Å². The third kappa shape index (κ3) is 3.56. The number of aromatic nitrogens is 2. The molecule has 3 rings (SSSR count). The van der Waals surface area contributed by atoms with Gasteiger partial charge in [-0.1, -0.05) is 35.3 Å². The smallest absolute Gasteiger partial charge is 0.263 e. The molecule has 26 heavy (non-hydrogen) atoms. The molecule has 138 valence electrons. The quantitative estimate of drug-likeness (QED) is 0.594. The minimum Gasteiger partial charge on any atom is -0.383 e. The third-order valence-corrected chi connectivity index (χ3v) is 5.43. The number of benzene rings is 1. The Hall–Kier alpha value is -2.09. The number of rotatable bonds is 3. The summed E-state index contributed by atoms with van der Waals surface area (Å²) in [5, 5.41) is 8.84. The molecular weight excluding hydrogens is 375 g/mol. The highest BCUT2D eigenvalue weighted by Crippen LogP contribution is 2.28. The molecule has 0 aliphatic carbocycles. The van der Waals surface area contributed by atoms with Crippen molar-refractivity contribution in [1.29, 1.82) is 5.41 Å². The molecule has 1 aromatic carbocycles. The molecule has 1 fully saturated rings. The lowest BCUT2D eigenvalue weighted by molar-refractivity contribution is 0.362. The van der Waals surface area contributed by atoms with Gasteiger partial charge in [-0.15, -0.1) is 0 Å². The standard InChI is InChI=1S/C17H20Cl2N6O/c1-17(22)5-7-25(8-6-17)16-23-14(21)11(15(26)24-16)13(20)9-3-2-4-10(18)12(9)19/h2-4,20H,5-8,22H2,1H3,(H3,21,23,24,26). The van der Waals surface area contributed by atoms with E-state index in [4.69, 9.17) is 40.1 Å². The van der Waals surface area contributed by atoms with E-state index in [-0.39, 0.29) is 27.7 Å². The first-order valence-electron chi connectivity index (χ1n) is 8.16. The number of anilines is 2. The van der Waals surface area contributed by atoms with Crippen LogP contribution in [0, 0.1) is 5.41 Å². The van der Waals surface area contributed by atoms with Crippen LogP contribution in [0.3, 0.4) is 0 Å². The zero-order valence-corrected chi connectivity index (χ0v) is 15.8. The molecule has 1 aromatic heterocycles. The largest absolute Gasteiger partial charge is 0.383 e. The monoisotopic (exact) mass is 394 g/mol. The van der Waals surface area contributed by atoms with E-state index >= 15 is 0 Å². The number of aromatic amines is 1. The summed E-state index contributed by atoms with van der Waals surface area (Å²) in [5.41, 5.74) is 11.6. The van der Waals surface area contributed by atoms with Crippen LogP contribution in [0.5, 0.6) is 0 Å². The Kier molecular flexibility index (Phi) is 4.96. The molecule has 0 saturated carbocycles. The summed E-state index contributed by atoms with van der Waals surface area (Å²) < 4.78 is 0. The van der Waals surface area contributed by atoms with E-state index in [1.165, 1.54) is 0 Å². The molecule has 6 N–H and O–H groups in total. The molecule has 0 unspecified atom stereocenters. The van der Waals surface area contributed by atoms with Crippen LogP contribution in [0.1, 0.15) is 30.9 Å². The maximum Gasteiger partial charge on any atom is 0.263 e. The first-order valence-corrected chi connectivity index (χ1v) is 8.92. The van der Waals surface area contributed by atoms with E-state index < -0.39 is 5.56 Å². The first-order chi connectivity index (χ1) is 12.2. The fourth-order valence-electron chi connectivity index (χ4n) is 2.93. The van der Waals surface area contributed by atoms with Gasteiger partial charge in [0, 0.05) is 24.2 Å². The average Bonchev–Trinajstić information content (AvgIpc) is 2.56. The zero-order valence-electron chi connectivity index (χ0n) is 14.3. The van der Waals surface area contributed by atoms with Crippen molar-refractivity contribution in [3.05, 3.63) is 49.7 Å². The van der Waals surface area contributed by atoms with Crippen molar-refractivity contribution in [2.24, 2.45) is 5.73 Å². The van der Waals surface area contributed by atoms with Crippen LogP contribution in [-0.4, -0.2) is 34.3 Å². The number of nitrogen functional groups attached to an aromatic ring is 1. The zero-order chi connectivity index (χ0) is 19.1. The number of hydrogen-bond acceptors (Lipinski definition) is 6. The fourth-order valence-corrected chi connectivity index (χ4v) is 3.33. The van der Waals surface area contributed by atoms with Gasteiger partial charge in [-0.05, 0) is 25.8 Å². The van der Waals surface area contributed by atoms with Gasteiger partial charge in [0.15, 0.2) is 0 Å². The molecular formula is C17H20Cl2N6O. The predicted octanol–water partition coefficient (Wildman–Crippen LogP) is 2.39. The summed E-state index contributed by atoms with van der Waals surface area (Å²) in [7, 11) is 0. The highest BCUT2D eigenvalue weighted by molar-refractivity contribution is 6.44. The Morgan fingerprint density at radius 2 is 2.00 bits per heavy atom. The molecule has 9 heteroatoms. The van der Waals surface area contributed by atoms with Crippen LogP contribution < -0.4 is 21.9 Å². The summed E-state index contributed by atoms with van der Waals surface area (Å²) in [6.07, 6.45) is 1.57. The summed E-state index contributed by atoms with van der Waals surface area (Å²) in [6.45, 7) is 3.35. The molecule has 2 heterocycles. The number of nitrogens with two attached hydrogens (primary N) is 2. The molecule has 1 aliphatic heterocycles. The second kappa shape index (κ2) is 6.90. The van der Waals surface area contributed by atoms with Crippen molar-refractivity contribution in [2.75, 3.05) is 23.7 Å². The topological polar surface area (TPSA) is 125 Å². The van der Waals surface area contributed by atoms with Crippen LogP contribution in [0.25, 0.3) is 0 Å². The van der Waals surface area contributed by atoms with Crippen LogP contribution in [0.15, 0.2) is 23.0 Å². The highest BCUT2D eigenvalue weighted by atomic mass is 35.5. The average molecular weight is 395 g/mol. The maximum atomic E-state index is 12.6. The van der Waals surface area contributed by atoms with Crippen molar-refractivity contribution in [1.82, 2.24) is 9.97 Å². The number of piperidine rings is 1. The van der Waals surface area contributed by atoms with Crippen molar-refractivity contribution >= 4 is 40.7 Å². The lowest BCUT2D eigenvalue weighted by atomic mass is 9.91. The minimum atomic E-state index is -0.491. The van der Waals surface area contributed by atoms with Crippen LogP contribution >= 0.6 is 23.2 Å². The molecule has 0 spiro atoms. The Labute approximate surface area is 160 Å². The SMILES string of the molecule is CC1(N)CCN(c2nc(N)c(C(=N)c3cccc(Cl)c3Cl)c(=O)[nH]2)CC1. The van der Waals surface area contributed by atoms with Gasteiger partial charge < -0.3 is 16.4 Å². The number of H-pyrrole nitrogens is 1. The highest BCUT2D eigenvalue weighted by Gasteiger charge is 2.28. The van der Waals surface area contributed by atoms with Crippen LogP contribution in [0.2, 0.25) is 10.0 Å². The molecule has 2 aromatic rings. The molecule has 1 saturated heterocycles.